The molecule has 5 N–H and O–H groups in total. The van der Waals surface area contributed by atoms with Crippen molar-refractivity contribution in [2.45, 2.75) is 104 Å². The number of fused-ring (bicyclic) bond motifs is 5. The van der Waals surface area contributed by atoms with Crippen LogP contribution in [0.3, 0.4) is 0 Å². The third-order valence-electron chi connectivity index (χ3n) is 13.9. The van der Waals surface area contributed by atoms with Gasteiger partial charge < -0.3 is 48.8 Å². The standard InChI is InChI=1S/C52H64N8O7/c1-30(2)32(5)49(61)58-20-10-14-42(58)47-54-29-40(56-47)34-16-18-38-44-26-36-24-33(39-28-53-48(55-39)43-15-11-21-59(43)50(62)46(31(3)4)57-52(63)64)17-19-41(36)60(44)51(67-45(38)27-34)35-12-9-13-37(25-35)66-23-8-7-22-65-6/h9,12-13,16-19,24-32,42-43,46,51-52,57,63-64H,7-8,10-11,14-15,20-23H2,1-6H3,(H,53,55)(H,54,56). The molecule has 3 aromatic heterocycles. The number of aliphatic hydroxyl groups excluding tert-OH is 1. The number of rotatable bonds is 17. The average molecular weight is 913 g/mol. The predicted molar refractivity (Wildman–Crippen MR) is 256 cm³/mol. The van der Waals surface area contributed by atoms with Gasteiger partial charge in [-0.15, -0.1) is 0 Å². The van der Waals surface area contributed by atoms with E-state index in [2.05, 4.69) is 88.3 Å². The Balaban J connectivity index is 1.04. The van der Waals surface area contributed by atoms with Gasteiger partial charge >= 0.3 is 0 Å². The number of H-pyrrole nitrogens is 2. The van der Waals surface area contributed by atoms with Crippen molar-refractivity contribution >= 4 is 22.7 Å². The Morgan fingerprint density at radius 3 is 2.12 bits per heavy atom. The maximum absolute atomic E-state index is 13.7. The molecule has 0 spiro atoms. The molecule has 3 aliphatic rings. The lowest BCUT2D eigenvalue weighted by atomic mass is 9.96. The highest BCUT2D eigenvalue weighted by molar-refractivity contribution is 5.92. The van der Waals surface area contributed by atoms with Crippen LogP contribution in [0, 0.1) is 17.8 Å². The third-order valence-corrected chi connectivity index (χ3v) is 13.9. The van der Waals surface area contributed by atoms with Gasteiger partial charge in [-0.25, -0.2) is 9.97 Å². The fourth-order valence-corrected chi connectivity index (χ4v) is 9.92. The van der Waals surface area contributed by atoms with Gasteiger partial charge in [-0.05, 0) is 92.8 Å². The van der Waals surface area contributed by atoms with E-state index in [1.807, 2.05) is 50.2 Å². The number of ether oxygens (including phenoxy) is 3. The van der Waals surface area contributed by atoms with Gasteiger partial charge in [0.1, 0.15) is 23.1 Å². The number of carbonyl (C=O) groups excluding carboxylic acids is 2. The number of aromatic amines is 2. The molecule has 6 heterocycles. The number of hydrogen-bond donors (Lipinski definition) is 5. The van der Waals surface area contributed by atoms with Crippen molar-refractivity contribution in [2.24, 2.45) is 17.8 Å². The summed E-state index contributed by atoms with van der Waals surface area (Å²) in [5.74, 6) is 3.06. The molecule has 6 aromatic rings. The minimum Gasteiger partial charge on any atom is -0.494 e. The second-order valence-corrected chi connectivity index (χ2v) is 19.0. The molecule has 0 aliphatic carbocycles. The zero-order chi connectivity index (χ0) is 46.9. The molecule has 2 saturated heterocycles. The summed E-state index contributed by atoms with van der Waals surface area (Å²) in [5.41, 5.74) is 7.47. The summed E-state index contributed by atoms with van der Waals surface area (Å²) < 4.78 is 20.8. The van der Waals surface area contributed by atoms with E-state index in [0.29, 0.717) is 25.6 Å². The first kappa shape index (κ1) is 46.1. The molecule has 9 rings (SSSR count). The molecule has 0 saturated carbocycles. The lowest BCUT2D eigenvalue weighted by Gasteiger charge is -2.31. The lowest BCUT2D eigenvalue weighted by molar-refractivity contribution is -0.141. The number of nitrogens with zero attached hydrogens (tertiary/aromatic N) is 5. The van der Waals surface area contributed by atoms with Gasteiger partial charge in [-0.1, -0.05) is 58.9 Å². The monoisotopic (exact) mass is 912 g/mol. The quantitative estimate of drug-likeness (QED) is 0.0441. The molecule has 2 fully saturated rings. The number of carbonyl (C=O) groups is 2. The maximum atomic E-state index is 13.7. The van der Waals surface area contributed by atoms with Crippen LogP contribution in [-0.4, -0.2) is 102 Å². The van der Waals surface area contributed by atoms with Crippen LogP contribution in [0.4, 0.5) is 0 Å². The number of amides is 2. The van der Waals surface area contributed by atoms with E-state index in [0.717, 1.165) is 113 Å². The fourth-order valence-electron chi connectivity index (χ4n) is 9.92. The molecule has 3 aliphatic heterocycles. The number of nitrogens with one attached hydrogen (secondary N) is 3. The van der Waals surface area contributed by atoms with Crippen molar-refractivity contribution in [1.82, 2.24) is 39.6 Å². The van der Waals surface area contributed by atoms with Crippen molar-refractivity contribution in [3.8, 4) is 45.3 Å². The molecule has 15 nitrogen and oxygen atoms in total. The van der Waals surface area contributed by atoms with Crippen LogP contribution >= 0.6 is 0 Å². The maximum Gasteiger partial charge on any atom is 0.240 e. The number of methoxy groups -OCH3 is 1. The fraction of sp³-hybridized carbons (Fsp3) is 0.462. The highest BCUT2D eigenvalue weighted by Gasteiger charge is 2.38. The number of unbranched alkanes of at least 4 members (excludes halogenated alkanes) is 1. The molecule has 15 heteroatoms. The van der Waals surface area contributed by atoms with Gasteiger partial charge in [0.15, 0.2) is 0 Å². The number of aromatic nitrogens is 5. The van der Waals surface area contributed by atoms with Gasteiger partial charge in [0.05, 0.1) is 59.7 Å². The minimum absolute atomic E-state index is 0.0573. The Morgan fingerprint density at radius 2 is 1.46 bits per heavy atom. The summed E-state index contributed by atoms with van der Waals surface area (Å²) in [5, 5.41) is 22.9. The Hall–Kier alpha value is -6.00. The van der Waals surface area contributed by atoms with E-state index in [1.165, 1.54) is 0 Å². The molecule has 0 radical (unpaired) electrons. The molecule has 3 aromatic carbocycles. The summed E-state index contributed by atoms with van der Waals surface area (Å²) in [7, 11) is 1.71. The van der Waals surface area contributed by atoms with Gasteiger partial charge in [-0.3, -0.25) is 14.9 Å². The van der Waals surface area contributed by atoms with Gasteiger partial charge in [-0.2, -0.15) is 0 Å². The van der Waals surface area contributed by atoms with Crippen LogP contribution in [0.25, 0.3) is 44.7 Å². The largest absolute Gasteiger partial charge is 0.494 e. The summed E-state index contributed by atoms with van der Waals surface area (Å²) in [6, 6.07) is 21.9. The van der Waals surface area contributed by atoms with Crippen LogP contribution in [0.1, 0.15) is 109 Å². The summed E-state index contributed by atoms with van der Waals surface area (Å²) >= 11 is 0. The van der Waals surface area contributed by atoms with E-state index in [-0.39, 0.29) is 41.7 Å². The second-order valence-electron chi connectivity index (χ2n) is 19.0. The molecule has 0 bridgehead atoms. The Labute approximate surface area is 391 Å². The number of hydrogen-bond acceptors (Lipinski definition) is 10. The normalized spacial score (nSPS) is 19.1. The van der Waals surface area contributed by atoms with E-state index >= 15 is 0 Å². The first-order chi connectivity index (χ1) is 32.4. The van der Waals surface area contributed by atoms with Crippen LogP contribution in [-0.2, 0) is 14.3 Å². The van der Waals surface area contributed by atoms with Crippen molar-refractivity contribution in [1.29, 1.82) is 0 Å². The van der Waals surface area contributed by atoms with E-state index in [1.54, 1.807) is 12.0 Å². The van der Waals surface area contributed by atoms with E-state index < -0.39 is 18.7 Å². The zero-order valence-corrected chi connectivity index (χ0v) is 39.4. The van der Waals surface area contributed by atoms with Crippen LogP contribution < -0.4 is 14.8 Å². The van der Waals surface area contributed by atoms with Crippen molar-refractivity contribution in [3.05, 3.63) is 96.3 Å². The first-order valence-corrected chi connectivity index (χ1v) is 23.9. The van der Waals surface area contributed by atoms with Crippen molar-refractivity contribution < 1.29 is 34.0 Å². The van der Waals surface area contributed by atoms with Gasteiger partial charge in [0, 0.05) is 60.4 Å². The molecule has 5 atom stereocenters. The molecule has 354 valence electrons. The third kappa shape index (κ3) is 9.34. The molecule has 67 heavy (non-hydrogen) atoms. The second kappa shape index (κ2) is 19.7. The SMILES string of the molecule is COCCCCOc1cccc(C2Oc3cc(-c4cnc(C5CCCN5C(=O)C(C)C(C)C)[nH]4)ccc3-c3cc4cc(-c5cnc(C6CCCN6C(=O)C(NC(O)O)C(C)C)[nH]5)ccc4n32)c1. The number of aliphatic hydroxyl groups is 2. The van der Waals surface area contributed by atoms with E-state index in [4.69, 9.17) is 24.2 Å². The van der Waals surface area contributed by atoms with Crippen LogP contribution in [0.2, 0.25) is 0 Å². The predicted octanol–water partition coefficient (Wildman–Crippen LogP) is 8.33. The lowest BCUT2D eigenvalue weighted by Crippen LogP contribution is -2.52. The Kier molecular flexibility index (Phi) is 13.6. The highest BCUT2D eigenvalue weighted by atomic mass is 16.5. The smallest absolute Gasteiger partial charge is 0.240 e. The van der Waals surface area contributed by atoms with Crippen molar-refractivity contribution in [3.63, 3.8) is 0 Å². The number of likely N-dealkylation sites (tertiary alicyclic amines) is 2. The number of imidazole rings is 2. The Bertz CT molecular complexity index is 2700. The topological polar surface area (TPSA) is 183 Å². The first-order valence-electron chi connectivity index (χ1n) is 23.9. The van der Waals surface area contributed by atoms with E-state index in [9.17, 15) is 19.8 Å². The summed E-state index contributed by atoms with van der Waals surface area (Å²) in [6.45, 7) is 12.5. The molecule has 2 amide bonds. The minimum atomic E-state index is -1.79. The van der Waals surface area contributed by atoms with Crippen LogP contribution in [0.15, 0.2) is 79.1 Å². The highest BCUT2D eigenvalue weighted by Crippen LogP contribution is 2.47. The number of benzene rings is 3. The molecular formula is C52H64N8O7. The van der Waals surface area contributed by atoms with Gasteiger partial charge in [0.25, 0.3) is 0 Å². The zero-order valence-electron chi connectivity index (χ0n) is 39.4. The molecular weight excluding hydrogens is 849 g/mol. The summed E-state index contributed by atoms with van der Waals surface area (Å²) in [6.07, 6.45) is 6.56. The average Bonchev–Trinajstić information content (AvgIpc) is 4.19. The molecule has 5 unspecified atom stereocenters. The van der Waals surface area contributed by atoms with Crippen LogP contribution in [0.5, 0.6) is 11.5 Å². The van der Waals surface area contributed by atoms with Crippen molar-refractivity contribution in [2.75, 3.05) is 33.4 Å². The van der Waals surface area contributed by atoms with Gasteiger partial charge in [0.2, 0.25) is 24.5 Å². The Morgan fingerprint density at radius 1 is 0.806 bits per heavy atom. The summed E-state index contributed by atoms with van der Waals surface area (Å²) in [4.78, 5) is 47.7.